The number of aliphatic hydroxyl groups is 1. The molecule has 1 heterocycles. The van der Waals surface area contributed by atoms with Crippen LogP contribution in [0.25, 0.3) is 10.9 Å². The summed E-state index contributed by atoms with van der Waals surface area (Å²) in [6.45, 7) is 0. The summed E-state index contributed by atoms with van der Waals surface area (Å²) in [7, 11) is 0. The number of aromatic nitrogens is 2. The highest BCUT2D eigenvalue weighted by molar-refractivity contribution is 5.87. The normalized spacial score (nSPS) is 19.7. The molecule has 23 heavy (non-hydrogen) atoms. The van der Waals surface area contributed by atoms with E-state index in [0.29, 0.717) is 6.42 Å². The van der Waals surface area contributed by atoms with Crippen molar-refractivity contribution in [2.24, 2.45) is 0 Å². The maximum atomic E-state index is 12.4. The zero-order valence-electron chi connectivity index (χ0n) is 12.5. The van der Waals surface area contributed by atoms with Crippen molar-refractivity contribution in [3.05, 3.63) is 65.4 Å². The number of amides is 1. The molecule has 0 bridgehead atoms. The molecule has 0 saturated carbocycles. The molecular formula is C18H17N3O2. The lowest BCUT2D eigenvalue weighted by Crippen LogP contribution is -2.34. The van der Waals surface area contributed by atoms with Gasteiger partial charge in [-0.15, -0.1) is 0 Å². The molecule has 0 saturated heterocycles. The summed E-state index contributed by atoms with van der Waals surface area (Å²) in [5.41, 5.74) is 3.74. The van der Waals surface area contributed by atoms with Crippen molar-refractivity contribution in [3.8, 4) is 0 Å². The molecule has 0 radical (unpaired) electrons. The third-order valence-electron chi connectivity index (χ3n) is 4.40. The third kappa shape index (κ3) is 2.49. The maximum absolute atomic E-state index is 12.4. The van der Waals surface area contributed by atoms with Crippen molar-refractivity contribution in [3.63, 3.8) is 0 Å². The van der Waals surface area contributed by atoms with Crippen LogP contribution >= 0.6 is 0 Å². The number of carbonyl (C=O) groups is 1. The maximum Gasteiger partial charge on any atom is 0.226 e. The molecule has 2 atom stereocenters. The van der Waals surface area contributed by atoms with Gasteiger partial charge in [0.25, 0.3) is 0 Å². The number of H-pyrrole nitrogens is 1. The number of para-hydroxylation sites is 1. The summed E-state index contributed by atoms with van der Waals surface area (Å²) in [5.74, 6) is -0.125. The van der Waals surface area contributed by atoms with Crippen LogP contribution < -0.4 is 5.32 Å². The molecule has 1 amide bonds. The number of aromatic amines is 1. The van der Waals surface area contributed by atoms with Crippen LogP contribution in [0.2, 0.25) is 0 Å². The van der Waals surface area contributed by atoms with Crippen LogP contribution in [0.5, 0.6) is 0 Å². The van der Waals surface area contributed by atoms with E-state index in [9.17, 15) is 9.90 Å². The molecule has 4 rings (SSSR count). The molecule has 0 fully saturated rings. The Labute approximate surface area is 133 Å². The number of carbonyl (C=O) groups excluding carboxylic acids is 1. The minimum atomic E-state index is -0.574. The van der Waals surface area contributed by atoms with Gasteiger partial charge in [0.15, 0.2) is 0 Å². The second-order valence-electron chi connectivity index (χ2n) is 5.91. The first-order valence-electron chi connectivity index (χ1n) is 7.69. The minimum Gasteiger partial charge on any atom is -0.390 e. The summed E-state index contributed by atoms with van der Waals surface area (Å²) < 4.78 is 0. The van der Waals surface area contributed by atoms with Crippen LogP contribution in [0.1, 0.15) is 22.9 Å². The van der Waals surface area contributed by atoms with Crippen molar-refractivity contribution in [2.45, 2.75) is 25.0 Å². The fraction of sp³-hybridized carbons (Fsp3) is 0.222. The molecule has 1 aliphatic rings. The van der Waals surface area contributed by atoms with E-state index in [-0.39, 0.29) is 18.4 Å². The van der Waals surface area contributed by atoms with Crippen LogP contribution in [0.3, 0.4) is 0 Å². The van der Waals surface area contributed by atoms with Crippen molar-refractivity contribution in [1.82, 2.24) is 15.5 Å². The molecule has 5 heteroatoms. The van der Waals surface area contributed by atoms with Crippen LogP contribution in [-0.4, -0.2) is 27.3 Å². The number of fused-ring (bicyclic) bond motifs is 2. The number of nitrogens with one attached hydrogen (secondary N) is 2. The Morgan fingerprint density at radius 2 is 2.00 bits per heavy atom. The van der Waals surface area contributed by atoms with Crippen molar-refractivity contribution < 1.29 is 9.90 Å². The quantitative estimate of drug-likeness (QED) is 0.691. The van der Waals surface area contributed by atoms with E-state index in [1.54, 1.807) is 0 Å². The lowest BCUT2D eigenvalue weighted by atomic mass is 10.1. The molecule has 2 aromatic carbocycles. The topological polar surface area (TPSA) is 78.0 Å². The third-order valence-corrected chi connectivity index (χ3v) is 4.40. The lowest BCUT2D eigenvalue weighted by Gasteiger charge is -2.17. The van der Waals surface area contributed by atoms with Crippen molar-refractivity contribution >= 4 is 16.8 Å². The average molecular weight is 307 g/mol. The SMILES string of the molecule is O=C(Cc1[nH]nc2ccccc12)N[C@H]1c2ccccc2C[C@H]1O. The Bertz CT molecular complexity index is 871. The van der Waals surface area contributed by atoms with Gasteiger partial charge < -0.3 is 10.4 Å². The van der Waals surface area contributed by atoms with Gasteiger partial charge in [-0.3, -0.25) is 9.89 Å². The molecule has 5 nitrogen and oxygen atoms in total. The van der Waals surface area contributed by atoms with Gasteiger partial charge in [0.2, 0.25) is 5.91 Å². The number of nitrogens with zero attached hydrogens (tertiary/aromatic N) is 1. The van der Waals surface area contributed by atoms with Gasteiger partial charge in [-0.05, 0) is 17.2 Å². The highest BCUT2D eigenvalue weighted by Gasteiger charge is 2.31. The van der Waals surface area contributed by atoms with E-state index < -0.39 is 6.10 Å². The Kier molecular flexibility index (Phi) is 3.35. The Hall–Kier alpha value is -2.66. The number of rotatable bonds is 3. The summed E-state index contributed by atoms with van der Waals surface area (Å²) in [4.78, 5) is 12.4. The standard InChI is InChI=1S/C18H17N3O2/c22-16-9-11-5-1-2-6-12(11)18(16)19-17(23)10-15-13-7-3-4-8-14(13)20-21-15/h1-8,16,18,22H,9-10H2,(H,19,23)(H,20,21)/t16-,18+/m1/s1. The fourth-order valence-corrected chi connectivity index (χ4v) is 3.28. The zero-order valence-corrected chi connectivity index (χ0v) is 12.5. The number of hydrogen-bond donors (Lipinski definition) is 3. The molecule has 116 valence electrons. The molecule has 3 N–H and O–H groups in total. The predicted octanol–water partition coefficient (Wildman–Crippen LogP) is 1.88. The number of aliphatic hydroxyl groups excluding tert-OH is 1. The molecule has 0 spiro atoms. The number of benzene rings is 2. The summed E-state index contributed by atoms with van der Waals surface area (Å²) in [6, 6.07) is 15.2. The molecule has 1 aromatic heterocycles. The molecule has 1 aliphatic carbocycles. The van der Waals surface area contributed by atoms with Gasteiger partial charge in [-0.25, -0.2) is 0 Å². The first-order valence-corrected chi connectivity index (χ1v) is 7.69. The monoisotopic (exact) mass is 307 g/mol. The van der Waals surface area contributed by atoms with Gasteiger partial charge in [0.05, 0.1) is 29.8 Å². The van der Waals surface area contributed by atoms with Crippen LogP contribution in [0, 0.1) is 0 Å². The Morgan fingerprint density at radius 1 is 1.22 bits per heavy atom. The van der Waals surface area contributed by atoms with E-state index in [0.717, 1.165) is 27.7 Å². The summed E-state index contributed by atoms with van der Waals surface area (Å²) in [5, 5.41) is 21.3. The van der Waals surface area contributed by atoms with Gasteiger partial charge in [0, 0.05) is 11.8 Å². The van der Waals surface area contributed by atoms with Gasteiger partial charge >= 0.3 is 0 Å². The highest BCUT2D eigenvalue weighted by Crippen LogP contribution is 2.31. The first-order chi connectivity index (χ1) is 11.2. The van der Waals surface area contributed by atoms with Gasteiger partial charge in [-0.1, -0.05) is 42.5 Å². The smallest absolute Gasteiger partial charge is 0.226 e. The lowest BCUT2D eigenvalue weighted by molar-refractivity contribution is -0.122. The molecule has 0 aliphatic heterocycles. The Balaban J connectivity index is 1.52. The van der Waals surface area contributed by atoms with Gasteiger partial charge in [0.1, 0.15) is 0 Å². The van der Waals surface area contributed by atoms with Crippen LogP contribution in [0.4, 0.5) is 0 Å². The van der Waals surface area contributed by atoms with Crippen molar-refractivity contribution in [1.29, 1.82) is 0 Å². The van der Waals surface area contributed by atoms with E-state index in [2.05, 4.69) is 15.5 Å². The van der Waals surface area contributed by atoms with Crippen LogP contribution in [0.15, 0.2) is 48.5 Å². The number of hydrogen-bond acceptors (Lipinski definition) is 3. The summed E-state index contributed by atoms with van der Waals surface area (Å²) in [6.07, 6.45) is 0.217. The molecular weight excluding hydrogens is 290 g/mol. The van der Waals surface area contributed by atoms with E-state index >= 15 is 0 Å². The fourth-order valence-electron chi connectivity index (χ4n) is 3.28. The second-order valence-corrected chi connectivity index (χ2v) is 5.91. The van der Waals surface area contributed by atoms with Gasteiger partial charge in [-0.2, -0.15) is 5.10 Å². The average Bonchev–Trinajstić information content (AvgIpc) is 3.10. The Morgan fingerprint density at radius 3 is 2.91 bits per heavy atom. The molecule has 0 unspecified atom stereocenters. The minimum absolute atomic E-state index is 0.125. The predicted molar refractivity (Wildman–Crippen MR) is 86.8 cm³/mol. The first kappa shape index (κ1) is 14.0. The van der Waals surface area contributed by atoms with E-state index in [1.807, 2.05) is 48.5 Å². The highest BCUT2D eigenvalue weighted by atomic mass is 16.3. The van der Waals surface area contributed by atoms with E-state index in [4.69, 9.17) is 0 Å². The zero-order chi connectivity index (χ0) is 15.8. The van der Waals surface area contributed by atoms with E-state index in [1.165, 1.54) is 0 Å². The summed E-state index contributed by atoms with van der Waals surface area (Å²) >= 11 is 0. The largest absolute Gasteiger partial charge is 0.390 e. The van der Waals surface area contributed by atoms with Crippen molar-refractivity contribution in [2.75, 3.05) is 0 Å². The molecule has 3 aromatic rings. The second kappa shape index (κ2) is 5.52. The van der Waals surface area contributed by atoms with Crippen LogP contribution in [-0.2, 0) is 17.6 Å².